The van der Waals surface area contributed by atoms with Gasteiger partial charge in [-0.3, -0.25) is 10.1 Å². The maximum Gasteiger partial charge on any atom is 0.269 e. The van der Waals surface area contributed by atoms with Gasteiger partial charge in [0.15, 0.2) is 0 Å². The number of nitrogens with zero attached hydrogens (tertiary/aromatic N) is 2. The molecule has 1 aliphatic heterocycles. The highest BCUT2D eigenvalue weighted by atomic mass is 16.6. The van der Waals surface area contributed by atoms with Crippen molar-refractivity contribution >= 4 is 5.69 Å². The molecule has 0 aliphatic carbocycles. The van der Waals surface area contributed by atoms with Gasteiger partial charge < -0.3 is 10.6 Å². The van der Waals surface area contributed by atoms with E-state index in [2.05, 4.69) is 11.9 Å². The Labute approximate surface area is 100 Å². The summed E-state index contributed by atoms with van der Waals surface area (Å²) >= 11 is 0. The molecule has 0 radical (unpaired) electrons. The SMILES string of the molecule is CN1CC[C@@H](N)[C@H](c2ccc([N+](=O)[O-])cc2)C1. The summed E-state index contributed by atoms with van der Waals surface area (Å²) in [4.78, 5) is 12.4. The Hall–Kier alpha value is -1.46. The van der Waals surface area contributed by atoms with Crippen LogP contribution in [0.25, 0.3) is 0 Å². The summed E-state index contributed by atoms with van der Waals surface area (Å²) < 4.78 is 0. The smallest absolute Gasteiger partial charge is 0.269 e. The third kappa shape index (κ3) is 2.62. The van der Waals surface area contributed by atoms with E-state index in [0.29, 0.717) is 0 Å². The first-order valence-electron chi connectivity index (χ1n) is 5.76. The van der Waals surface area contributed by atoms with Gasteiger partial charge in [-0.2, -0.15) is 0 Å². The maximum absolute atomic E-state index is 10.6. The van der Waals surface area contributed by atoms with Gasteiger partial charge in [-0.15, -0.1) is 0 Å². The van der Waals surface area contributed by atoms with Gasteiger partial charge in [0.25, 0.3) is 5.69 Å². The Balaban J connectivity index is 2.18. The molecule has 1 aromatic carbocycles. The minimum absolute atomic E-state index is 0.131. The van der Waals surface area contributed by atoms with Crippen molar-refractivity contribution < 1.29 is 4.92 Å². The molecule has 5 nitrogen and oxygen atoms in total. The topological polar surface area (TPSA) is 72.4 Å². The quantitative estimate of drug-likeness (QED) is 0.620. The molecule has 1 fully saturated rings. The zero-order chi connectivity index (χ0) is 12.4. The number of non-ortho nitro benzene ring substituents is 1. The molecule has 0 unspecified atom stereocenters. The predicted octanol–water partition coefficient (Wildman–Crippen LogP) is 1.34. The number of likely N-dealkylation sites (tertiary alicyclic amines) is 1. The van der Waals surface area contributed by atoms with E-state index in [1.807, 2.05) is 12.1 Å². The lowest BCUT2D eigenvalue weighted by Gasteiger charge is -2.34. The van der Waals surface area contributed by atoms with Gasteiger partial charge in [0.05, 0.1) is 4.92 Å². The second kappa shape index (κ2) is 4.81. The highest BCUT2D eigenvalue weighted by Gasteiger charge is 2.26. The van der Waals surface area contributed by atoms with Crippen molar-refractivity contribution in [3.8, 4) is 0 Å². The monoisotopic (exact) mass is 235 g/mol. The molecule has 1 aromatic rings. The average molecular weight is 235 g/mol. The van der Waals surface area contributed by atoms with Crippen LogP contribution in [0.3, 0.4) is 0 Å². The highest BCUT2D eigenvalue weighted by molar-refractivity contribution is 5.35. The number of nitro groups is 1. The first-order chi connectivity index (χ1) is 8.08. The molecule has 0 amide bonds. The van der Waals surface area contributed by atoms with E-state index >= 15 is 0 Å². The molecule has 0 aromatic heterocycles. The number of rotatable bonds is 2. The molecule has 2 atom stereocenters. The standard InChI is InChI=1S/C12H17N3O2/c1-14-7-6-12(13)11(8-14)9-2-4-10(5-3-9)15(16)17/h2-5,11-12H,6-8,13H2,1H3/t11-,12+/m0/s1. The summed E-state index contributed by atoms with van der Waals surface area (Å²) in [5.41, 5.74) is 7.33. The second-order valence-corrected chi connectivity index (χ2v) is 4.67. The summed E-state index contributed by atoms with van der Waals surface area (Å²) in [5.74, 6) is 0.273. The highest BCUT2D eigenvalue weighted by Crippen LogP contribution is 2.26. The van der Waals surface area contributed by atoms with E-state index in [-0.39, 0.29) is 22.6 Å². The molecule has 1 heterocycles. The first-order valence-corrected chi connectivity index (χ1v) is 5.76. The molecule has 1 aliphatic rings. The zero-order valence-corrected chi connectivity index (χ0v) is 9.87. The van der Waals surface area contributed by atoms with Crippen LogP contribution in [0, 0.1) is 10.1 Å². The van der Waals surface area contributed by atoms with Gasteiger partial charge in [-0.1, -0.05) is 12.1 Å². The molecule has 2 N–H and O–H groups in total. The minimum atomic E-state index is -0.378. The van der Waals surface area contributed by atoms with Crippen LogP contribution < -0.4 is 5.73 Å². The summed E-state index contributed by atoms with van der Waals surface area (Å²) in [6.45, 7) is 1.93. The van der Waals surface area contributed by atoms with E-state index in [4.69, 9.17) is 5.73 Å². The van der Waals surface area contributed by atoms with Gasteiger partial charge >= 0.3 is 0 Å². The molecule has 0 spiro atoms. The number of hydrogen-bond acceptors (Lipinski definition) is 4. The van der Waals surface area contributed by atoms with Gasteiger partial charge in [0.1, 0.15) is 0 Å². The maximum atomic E-state index is 10.6. The van der Waals surface area contributed by atoms with Gasteiger partial charge in [0, 0.05) is 30.6 Å². The number of benzene rings is 1. The Bertz CT molecular complexity index is 405. The Morgan fingerprint density at radius 2 is 2.06 bits per heavy atom. The van der Waals surface area contributed by atoms with E-state index in [9.17, 15) is 10.1 Å². The minimum Gasteiger partial charge on any atom is -0.327 e. The third-order valence-corrected chi connectivity index (χ3v) is 3.40. The molecule has 92 valence electrons. The van der Waals surface area contributed by atoms with Crippen molar-refractivity contribution in [1.29, 1.82) is 0 Å². The lowest BCUT2D eigenvalue weighted by Crippen LogP contribution is -2.43. The zero-order valence-electron chi connectivity index (χ0n) is 9.87. The molecule has 5 heteroatoms. The van der Waals surface area contributed by atoms with Crippen LogP contribution in [-0.2, 0) is 0 Å². The number of hydrogen-bond donors (Lipinski definition) is 1. The fourth-order valence-electron chi connectivity index (χ4n) is 2.33. The summed E-state index contributed by atoms with van der Waals surface area (Å²) in [7, 11) is 2.07. The van der Waals surface area contributed by atoms with Crippen molar-refractivity contribution in [3.05, 3.63) is 39.9 Å². The fraction of sp³-hybridized carbons (Fsp3) is 0.500. The summed E-state index contributed by atoms with van der Waals surface area (Å²) in [6.07, 6.45) is 0.970. The molecule has 2 rings (SSSR count). The van der Waals surface area contributed by atoms with Crippen molar-refractivity contribution in [2.45, 2.75) is 18.4 Å². The third-order valence-electron chi connectivity index (χ3n) is 3.40. The number of likely N-dealkylation sites (N-methyl/N-ethyl adjacent to an activating group) is 1. The van der Waals surface area contributed by atoms with Crippen LogP contribution >= 0.6 is 0 Å². The van der Waals surface area contributed by atoms with Crippen molar-refractivity contribution in [3.63, 3.8) is 0 Å². The number of nitro benzene ring substituents is 1. The summed E-state index contributed by atoms with van der Waals surface area (Å²) in [5, 5.41) is 10.6. The Kier molecular flexibility index (Phi) is 3.40. The average Bonchev–Trinajstić information content (AvgIpc) is 2.32. The molecule has 0 bridgehead atoms. The van der Waals surface area contributed by atoms with Crippen LogP contribution in [0.2, 0.25) is 0 Å². The van der Waals surface area contributed by atoms with Crippen molar-refractivity contribution in [2.24, 2.45) is 5.73 Å². The van der Waals surface area contributed by atoms with Gasteiger partial charge in [-0.25, -0.2) is 0 Å². The predicted molar refractivity (Wildman–Crippen MR) is 65.9 cm³/mol. The first kappa shape index (κ1) is 12.0. The second-order valence-electron chi connectivity index (χ2n) is 4.67. The van der Waals surface area contributed by atoms with Crippen LogP contribution in [-0.4, -0.2) is 36.0 Å². The summed E-state index contributed by atoms with van der Waals surface area (Å²) in [6, 6.07) is 6.89. The van der Waals surface area contributed by atoms with Gasteiger partial charge in [-0.05, 0) is 25.6 Å². The lowest BCUT2D eigenvalue weighted by molar-refractivity contribution is -0.384. The van der Waals surface area contributed by atoms with Crippen LogP contribution in [0.1, 0.15) is 17.9 Å². The van der Waals surface area contributed by atoms with Crippen LogP contribution in [0.5, 0.6) is 0 Å². The van der Waals surface area contributed by atoms with E-state index in [0.717, 1.165) is 25.1 Å². The fourth-order valence-corrected chi connectivity index (χ4v) is 2.33. The molecular weight excluding hydrogens is 218 g/mol. The lowest BCUT2D eigenvalue weighted by atomic mass is 9.87. The molecule has 17 heavy (non-hydrogen) atoms. The van der Waals surface area contributed by atoms with E-state index in [1.54, 1.807) is 12.1 Å². The largest absolute Gasteiger partial charge is 0.327 e. The van der Waals surface area contributed by atoms with Gasteiger partial charge in [0.2, 0.25) is 0 Å². The molecule has 1 saturated heterocycles. The van der Waals surface area contributed by atoms with E-state index < -0.39 is 0 Å². The van der Waals surface area contributed by atoms with Crippen molar-refractivity contribution in [2.75, 3.05) is 20.1 Å². The van der Waals surface area contributed by atoms with E-state index in [1.165, 1.54) is 0 Å². The Morgan fingerprint density at radius 1 is 1.41 bits per heavy atom. The van der Waals surface area contributed by atoms with Crippen LogP contribution in [0.4, 0.5) is 5.69 Å². The number of nitrogens with two attached hydrogens (primary N) is 1. The normalized spacial score (nSPS) is 25.8. The Morgan fingerprint density at radius 3 is 2.65 bits per heavy atom. The number of piperidine rings is 1. The van der Waals surface area contributed by atoms with Crippen molar-refractivity contribution in [1.82, 2.24) is 4.90 Å². The van der Waals surface area contributed by atoms with Crippen LogP contribution in [0.15, 0.2) is 24.3 Å². The molecule has 0 saturated carbocycles. The molecular formula is C12H17N3O2.